The number of nitrogen functional groups attached to an aromatic ring is 1. The third-order valence-corrected chi connectivity index (χ3v) is 9.97. The van der Waals surface area contributed by atoms with E-state index in [-0.39, 0.29) is 53.8 Å². The zero-order valence-electron chi connectivity index (χ0n) is 27.5. The summed E-state index contributed by atoms with van der Waals surface area (Å²) >= 11 is 0. The fraction of sp³-hybridized carbons (Fsp3) is 0.516. The van der Waals surface area contributed by atoms with Crippen molar-refractivity contribution < 1.29 is 42.1 Å². The SMILES string of the molecule is CCOc1nc(N)nc2c1ncn2C1OC2(COP(=O)(NC(C)C(=O)OCC(C)(C)C)Oc3cccc4ncccc34)CC2(O)C1(C)F. The van der Waals surface area contributed by atoms with E-state index in [1.807, 2.05) is 20.8 Å². The van der Waals surface area contributed by atoms with Gasteiger partial charge < -0.3 is 29.6 Å². The average Bonchev–Trinajstić information content (AvgIpc) is 3.33. The number of halogens is 1. The number of pyridine rings is 1. The zero-order valence-corrected chi connectivity index (χ0v) is 28.4. The van der Waals surface area contributed by atoms with E-state index in [1.165, 1.54) is 24.7 Å². The summed E-state index contributed by atoms with van der Waals surface area (Å²) in [6.45, 7) is 9.93. The van der Waals surface area contributed by atoms with Gasteiger partial charge in [0.05, 0.1) is 31.7 Å². The Hall–Kier alpha value is -3.95. The number of imidazole rings is 1. The van der Waals surface area contributed by atoms with Crippen molar-refractivity contribution in [1.82, 2.24) is 29.6 Å². The van der Waals surface area contributed by atoms with Crippen LogP contribution in [0.25, 0.3) is 22.1 Å². The second kappa shape index (κ2) is 11.9. The molecule has 2 aliphatic rings. The number of ether oxygens (including phenoxy) is 3. The van der Waals surface area contributed by atoms with E-state index in [4.69, 9.17) is 29.0 Å². The minimum Gasteiger partial charge on any atom is -0.476 e. The van der Waals surface area contributed by atoms with Crippen LogP contribution >= 0.6 is 7.75 Å². The quantitative estimate of drug-likeness (QED) is 0.141. The Morgan fingerprint density at radius 3 is 2.77 bits per heavy atom. The van der Waals surface area contributed by atoms with Gasteiger partial charge in [-0.1, -0.05) is 26.8 Å². The Bertz CT molecular complexity index is 1910. The van der Waals surface area contributed by atoms with Crippen molar-refractivity contribution in [2.24, 2.45) is 5.41 Å². The van der Waals surface area contributed by atoms with Crippen LogP contribution in [0.15, 0.2) is 42.9 Å². The van der Waals surface area contributed by atoms with Gasteiger partial charge in [-0.2, -0.15) is 15.1 Å². The minimum atomic E-state index is -4.46. The number of benzene rings is 1. The summed E-state index contributed by atoms with van der Waals surface area (Å²) in [5.74, 6) is -0.549. The highest BCUT2D eigenvalue weighted by Crippen LogP contribution is 2.69. The Kier molecular flexibility index (Phi) is 8.40. The molecule has 1 aromatic carbocycles. The number of nitrogens with one attached hydrogen (secondary N) is 1. The van der Waals surface area contributed by atoms with E-state index in [1.54, 1.807) is 43.5 Å². The first-order chi connectivity index (χ1) is 22.5. The molecule has 0 bridgehead atoms. The molecule has 0 amide bonds. The second-order valence-corrected chi connectivity index (χ2v) is 15.1. The van der Waals surface area contributed by atoms with Crippen LogP contribution in [0.5, 0.6) is 11.6 Å². The molecule has 1 saturated carbocycles. The van der Waals surface area contributed by atoms with E-state index >= 15 is 4.39 Å². The molecule has 4 heterocycles. The highest BCUT2D eigenvalue weighted by molar-refractivity contribution is 7.52. The molecule has 3 aromatic heterocycles. The molecule has 1 saturated heterocycles. The van der Waals surface area contributed by atoms with Gasteiger partial charge in [0, 0.05) is 18.0 Å². The number of fused-ring (bicyclic) bond motifs is 3. The number of rotatable bonds is 12. The molecule has 15 nitrogen and oxygen atoms in total. The summed E-state index contributed by atoms with van der Waals surface area (Å²) in [5, 5.41) is 14.8. The molecule has 0 radical (unpaired) electrons. The van der Waals surface area contributed by atoms with E-state index < -0.39 is 49.5 Å². The van der Waals surface area contributed by atoms with Gasteiger partial charge in [0.25, 0.3) is 0 Å². The summed E-state index contributed by atoms with van der Waals surface area (Å²) in [4.78, 5) is 29.8. The standard InChI is InChI=1S/C31H39FN7O8P/c1-7-43-24-22-23(36-27(33)37-24)39(17-35-22)26-29(6,32)31(41)14-30(31,46-26)16-45-48(42,38-18(2)25(40)44-15-28(3,4)5)47-21-12-8-11-20-19(21)10-9-13-34-20/h8-13,17-18,26,41H,7,14-16H2,1-6H3,(H,38,42)(H2,33,36,37). The molecule has 6 unspecified atom stereocenters. The Labute approximate surface area is 275 Å². The summed E-state index contributed by atoms with van der Waals surface area (Å²) in [6.07, 6.45) is 1.27. The molecule has 4 aromatic rings. The smallest absolute Gasteiger partial charge is 0.459 e. The third-order valence-electron chi connectivity index (χ3n) is 8.36. The van der Waals surface area contributed by atoms with E-state index in [0.717, 1.165) is 0 Å². The number of aliphatic hydroxyl groups is 1. The van der Waals surface area contributed by atoms with Gasteiger partial charge in [0.15, 0.2) is 23.1 Å². The maximum absolute atomic E-state index is 16.6. The van der Waals surface area contributed by atoms with E-state index in [0.29, 0.717) is 10.9 Å². The van der Waals surface area contributed by atoms with Crippen molar-refractivity contribution in [2.45, 2.75) is 77.1 Å². The normalized spacial score (nSPS) is 27.0. The van der Waals surface area contributed by atoms with Crippen LogP contribution in [-0.4, -0.2) is 78.3 Å². The van der Waals surface area contributed by atoms with E-state index in [2.05, 4.69) is 25.0 Å². The average molecular weight is 688 g/mol. The van der Waals surface area contributed by atoms with Gasteiger partial charge in [0.1, 0.15) is 23.0 Å². The summed E-state index contributed by atoms with van der Waals surface area (Å²) < 4.78 is 61.5. The molecule has 0 spiro atoms. The maximum Gasteiger partial charge on any atom is 0.459 e. The Balaban J connectivity index is 1.29. The topological polar surface area (TPSA) is 195 Å². The monoisotopic (exact) mass is 687 g/mol. The molecule has 48 heavy (non-hydrogen) atoms. The summed E-state index contributed by atoms with van der Waals surface area (Å²) in [6, 6.07) is 7.26. The molecule has 1 aliphatic carbocycles. The van der Waals surface area contributed by atoms with Gasteiger partial charge >= 0.3 is 13.7 Å². The lowest BCUT2D eigenvalue weighted by Gasteiger charge is -2.28. The van der Waals surface area contributed by atoms with Crippen LogP contribution < -0.4 is 20.1 Å². The zero-order chi connectivity index (χ0) is 34.7. The highest BCUT2D eigenvalue weighted by atomic mass is 31.2. The number of hydrogen-bond donors (Lipinski definition) is 3. The van der Waals surface area contributed by atoms with Gasteiger partial charge in [0.2, 0.25) is 11.8 Å². The van der Waals surface area contributed by atoms with Crippen LogP contribution in [0.3, 0.4) is 0 Å². The molecule has 4 N–H and O–H groups in total. The minimum absolute atomic E-state index is 0.113. The lowest BCUT2D eigenvalue weighted by Crippen LogP contribution is -2.43. The fourth-order valence-corrected chi connectivity index (χ4v) is 7.32. The maximum atomic E-state index is 16.6. The summed E-state index contributed by atoms with van der Waals surface area (Å²) in [5.41, 5.74) is 0.381. The first-order valence-electron chi connectivity index (χ1n) is 15.5. The summed E-state index contributed by atoms with van der Waals surface area (Å²) in [7, 11) is -4.46. The van der Waals surface area contributed by atoms with E-state index in [9.17, 15) is 14.5 Å². The number of carbonyl (C=O) groups is 1. The molecule has 6 rings (SSSR count). The number of esters is 1. The lowest BCUT2D eigenvalue weighted by atomic mass is 9.96. The number of alkyl halides is 1. The predicted molar refractivity (Wildman–Crippen MR) is 172 cm³/mol. The molecule has 17 heteroatoms. The molecule has 1 aliphatic heterocycles. The van der Waals surface area contributed by atoms with Gasteiger partial charge in [-0.15, -0.1) is 0 Å². The molecular weight excluding hydrogens is 648 g/mol. The number of anilines is 1. The van der Waals surface area contributed by atoms with Crippen molar-refractivity contribution in [2.75, 3.05) is 25.6 Å². The third kappa shape index (κ3) is 5.96. The van der Waals surface area contributed by atoms with Crippen molar-refractivity contribution in [3.8, 4) is 11.6 Å². The van der Waals surface area contributed by atoms with Gasteiger partial charge in [-0.05, 0) is 50.5 Å². The first-order valence-corrected chi connectivity index (χ1v) is 17.0. The molecule has 2 fully saturated rings. The predicted octanol–water partition coefficient (Wildman–Crippen LogP) is 4.26. The Morgan fingerprint density at radius 2 is 2.04 bits per heavy atom. The number of nitrogens with two attached hydrogens (primary N) is 1. The van der Waals surface area contributed by atoms with Crippen LogP contribution in [-0.2, 0) is 23.4 Å². The number of carbonyl (C=O) groups excluding carboxylic acids is 1. The lowest BCUT2D eigenvalue weighted by molar-refractivity contribution is -0.148. The highest BCUT2D eigenvalue weighted by Gasteiger charge is 2.85. The van der Waals surface area contributed by atoms with Crippen LogP contribution in [0.1, 0.15) is 54.2 Å². The number of nitrogens with zero attached hydrogens (tertiary/aromatic N) is 5. The number of aromatic nitrogens is 5. The largest absolute Gasteiger partial charge is 0.476 e. The van der Waals surface area contributed by atoms with Crippen molar-refractivity contribution in [3.63, 3.8) is 0 Å². The Morgan fingerprint density at radius 1 is 1.27 bits per heavy atom. The fourth-order valence-electron chi connectivity index (χ4n) is 5.76. The number of hydrogen-bond acceptors (Lipinski definition) is 13. The van der Waals surface area contributed by atoms with Crippen LogP contribution in [0.2, 0.25) is 0 Å². The second-order valence-electron chi connectivity index (χ2n) is 13.4. The van der Waals surface area contributed by atoms with Gasteiger partial charge in [-0.25, -0.2) is 13.9 Å². The van der Waals surface area contributed by atoms with Crippen molar-refractivity contribution in [1.29, 1.82) is 0 Å². The van der Waals surface area contributed by atoms with Crippen molar-refractivity contribution in [3.05, 3.63) is 42.9 Å². The van der Waals surface area contributed by atoms with Crippen LogP contribution in [0.4, 0.5) is 10.3 Å². The van der Waals surface area contributed by atoms with Crippen LogP contribution in [0, 0.1) is 5.41 Å². The first kappa shape index (κ1) is 33.9. The van der Waals surface area contributed by atoms with Gasteiger partial charge in [-0.3, -0.25) is 18.9 Å². The molecular formula is C31H39FN7O8P. The molecule has 258 valence electrons. The molecule has 6 atom stereocenters. The van der Waals surface area contributed by atoms with Crippen molar-refractivity contribution >= 4 is 41.7 Å².